The second kappa shape index (κ2) is 5.84. The molecule has 0 radical (unpaired) electrons. The molecule has 0 aromatic heterocycles. The van der Waals surface area contributed by atoms with E-state index in [1.807, 2.05) is 30.3 Å². The van der Waals surface area contributed by atoms with Gasteiger partial charge in [0.25, 0.3) is 0 Å². The van der Waals surface area contributed by atoms with Gasteiger partial charge in [0, 0.05) is 19.5 Å². The molecular weight excluding hydrogens is 244 g/mol. The number of amides is 1. The minimum absolute atomic E-state index is 0.0458. The van der Waals surface area contributed by atoms with E-state index in [1.165, 1.54) is 0 Å². The van der Waals surface area contributed by atoms with Crippen LogP contribution in [0.4, 0.5) is 0 Å². The molecule has 0 bridgehead atoms. The highest BCUT2D eigenvalue weighted by Crippen LogP contribution is 2.22. The molecule has 1 aromatic carbocycles. The molecule has 3 N–H and O–H groups in total. The molecule has 1 fully saturated rings. The summed E-state index contributed by atoms with van der Waals surface area (Å²) in [6, 6.07) is 8.56. The van der Waals surface area contributed by atoms with Gasteiger partial charge in [-0.2, -0.15) is 0 Å². The Balaban J connectivity index is 1.96. The van der Waals surface area contributed by atoms with Crippen LogP contribution >= 0.6 is 0 Å². The third kappa shape index (κ3) is 3.32. The van der Waals surface area contributed by atoms with E-state index < -0.39 is 12.0 Å². The zero-order valence-electron chi connectivity index (χ0n) is 10.7. The van der Waals surface area contributed by atoms with Crippen molar-refractivity contribution in [3.63, 3.8) is 0 Å². The van der Waals surface area contributed by atoms with Gasteiger partial charge in [0.1, 0.15) is 6.04 Å². The summed E-state index contributed by atoms with van der Waals surface area (Å²) >= 11 is 0. The maximum absolute atomic E-state index is 12.2. The second-order valence-corrected chi connectivity index (χ2v) is 4.93. The minimum Gasteiger partial charge on any atom is -0.481 e. The molecule has 2 atom stereocenters. The Bertz CT molecular complexity index is 461. The van der Waals surface area contributed by atoms with Crippen molar-refractivity contribution in [2.24, 2.45) is 11.7 Å². The van der Waals surface area contributed by atoms with Crippen molar-refractivity contribution >= 4 is 11.9 Å². The van der Waals surface area contributed by atoms with E-state index in [9.17, 15) is 9.59 Å². The van der Waals surface area contributed by atoms with Crippen LogP contribution in [0.3, 0.4) is 0 Å². The highest BCUT2D eigenvalue weighted by atomic mass is 16.4. The number of hydrogen-bond acceptors (Lipinski definition) is 3. The van der Waals surface area contributed by atoms with Gasteiger partial charge in [-0.05, 0) is 17.9 Å². The normalized spacial score (nSPS) is 20.3. The first-order valence-electron chi connectivity index (χ1n) is 6.39. The quantitative estimate of drug-likeness (QED) is 0.848. The number of carboxylic acids is 1. The lowest BCUT2D eigenvalue weighted by molar-refractivity contribution is -0.138. The molecule has 5 heteroatoms. The Hall–Kier alpha value is -1.88. The molecule has 1 aliphatic heterocycles. The van der Waals surface area contributed by atoms with Crippen LogP contribution in [0, 0.1) is 5.92 Å². The third-order valence-electron chi connectivity index (χ3n) is 3.49. The molecule has 1 saturated heterocycles. The van der Waals surface area contributed by atoms with E-state index in [0.29, 0.717) is 13.1 Å². The number of aliphatic carboxylic acids is 1. The third-order valence-corrected chi connectivity index (χ3v) is 3.49. The lowest BCUT2D eigenvalue weighted by atomic mass is 10.1. The summed E-state index contributed by atoms with van der Waals surface area (Å²) in [4.78, 5) is 24.6. The summed E-state index contributed by atoms with van der Waals surface area (Å²) in [5.41, 5.74) is 6.74. The molecule has 1 heterocycles. The maximum Gasteiger partial charge on any atom is 0.303 e. The topological polar surface area (TPSA) is 83.6 Å². The molecule has 0 spiro atoms. The number of benzene rings is 1. The SMILES string of the molecule is N[C@@H](C(=O)N1CCC(CC(=O)O)C1)c1ccccc1. The van der Waals surface area contributed by atoms with Gasteiger partial charge < -0.3 is 15.7 Å². The van der Waals surface area contributed by atoms with E-state index >= 15 is 0 Å². The van der Waals surface area contributed by atoms with Gasteiger partial charge >= 0.3 is 5.97 Å². The van der Waals surface area contributed by atoms with Crippen LogP contribution in [0.2, 0.25) is 0 Å². The van der Waals surface area contributed by atoms with Crippen LogP contribution in [0.1, 0.15) is 24.4 Å². The highest BCUT2D eigenvalue weighted by molar-refractivity contribution is 5.83. The number of carbonyl (C=O) groups is 2. The minimum atomic E-state index is -0.813. The monoisotopic (exact) mass is 262 g/mol. The zero-order valence-corrected chi connectivity index (χ0v) is 10.7. The molecule has 19 heavy (non-hydrogen) atoms. The Labute approximate surface area is 112 Å². The van der Waals surface area contributed by atoms with Crippen LogP contribution in [0.5, 0.6) is 0 Å². The Morgan fingerprint density at radius 3 is 2.68 bits per heavy atom. The lowest BCUT2D eigenvalue weighted by Crippen LogP contribution is -2.37. The highest BCUT2D eigenvalue weighted by Gasteiger charge is 2.30. The number of carbonyl (C=O) groups excluding carboxylic acids is 1. The summed E-state index contributed by atoms with van der Waals surface area (Å²) in [6.45, 7) is 1.09. The standard InChI is InChI=1S/C14H18N2O3/c15-13(11-4-2-1-3-5-11)14(19)16-7-6-10(9-16)8-12(17)18/h1-5,10,13H,6-9,15H2,(H,17,18)/t10?,13-/m1/s1. The first-order chi connectivity index (χ1) is 9.08. The number of likely N-dealkylation sites (tertiary alicyclic amines) is 1. The first-order valence-corrected chi connectivity index (χ1v) is 6.39. The van der Waals surface area contributed by atoms with Gasteiger partial charge in [0.15, 0.2) is 0 Å². The molecule has 1 amide bonds. The molecule has 0 aliphatic carbocycles. The smallest absolute Gasteiger partial charge is 0.303 e. The number of carboxylic acid groups (broad SMARTS) is 1. The summed E-state index contributed by atoms with van der Waals surface area (Å²) in [5, 5.41) is 8.76. The summed E-state index contributed by atoms with van der Waals surface area (Å²) < 4.78 is 0. The van der Waals surface area contributed by atoms with Crippen molar-refractivity contribution in [3.05, 3.63) is 35.9 Å². The summed E-state index contributed by atoms with van der Waals surface area (Å²) in [6.07, 6.45) is 0.851. The van der Waals surface area contributed by atoms with Gasteiger partial charge in [0.05, 0.1) is 0 Å². The number of nitrogens with two attached hydrogens (primary N) is 1. The van der Waals surface area contributed by atoms with Crippen molar-refractivity contribution in [2.45, 2.75) is 18.9 Å². The first kappa shape index (κ1) is 13.5. The van der Waals surface area contributed by atoms with E-state index in [-0.39, 0.29) is 18.2 Å². The Morgan fingerprint density at radius 1 is 1.37 bits per heavy atom. The van der Waals surface area contributed by atoms with Gasteiger partial charge in [-0.3, -0.25) is 9.59 Å². The predicted molar refractivity (Wildman–Crippen MR) is 70.3 cm³/mol. The fraction of sp³-hybridized carbons (Fsp3) is 0.429. The molecule has 1 unspecified atom stereocenters. The molecule has 5 nitrogen and oxygen atoms in total. The van der Waals surface area contributed by atoms with Crippen LogP contribution < -0.4 is 5.73 Å². The summed E-state index contributed by atoms with van der Waals surface area (Å²) in [5.74, 6) is -0.893. The molecule has 1 aromatic rings. The molecule has 102 valence electrons. The largest absolute Gasteiger partial charge is 0.481 e. The average molecular weight is 262 g/mol. The second-order valence-electron chi connectivity index (χ2n) is 4.93. The van der Waals surface area contributed by atoms with Crippen LogP contribution in [0.15, 0.2) is 30.3 Å². The predicted octanol–water partition coefficient (Wildman–Crippen LogP) is 1.01. The van der Waals surface area contributed by atoms with Gasteiger partial charge in [-0.1, -0.05) is 30.3 Å². The van der Waals surface area contributed by atoms with E-state index in [2.05, 4.69) is 0 Å². The Kier molecular flexibility index (Phi) is 4.16. The fourth-order valence-electron chi connectivity index (χ4n) is 2.45. The molecular formula is C14H18N2O3. The average Bonchev–Trinajstić information content (AvgIpc) is 2.85. The van der Waals surface area contributed by atoms with E-state index in [0.717, 1.165) is 12.0 Å². The van der Waals surface area contributed by atoms with Crippen LogP contribution in [-0.2, 0) is 9.59 Å². The van der Waals surface area contributed by atoms with Crippen LogP contribution in [-0.4, -0.2) is 35.0 Å². The number of rotatable bonds is 4. The number of hydrogen-bond donors (Lipinski definition) is 2. The molecule has 2 rings (SSSR count). The summed E-state index contributed by atoms with van der Waals surface area (Å²) in [7, 11) is 0. The fourth-order valence-corrected chi connectivity index (χ4v) is 2.45. The van der Waals surface area contributed by atoms with Crippen LogP contribution in [0.25, 0.3) is 0 Å². The van der Waals surface area contributed by atoms with E-state index in [1.54, 1.807) is 4.90 Å². The zero-order chi connectivity index (χ0) is 13.8. The lowest BCUT2D eigenvalue weighted by Gasteiger charge is -2.21. The van der Waals surface area contributed by atoms with Gasteiger partial charge in [-0.15, -0.1) is 0 Å². The van der Waals surface area contributed by atoms with Crippen molar-refractivity contribution in [2.75, 3.05) is 13.1 Å². The maximum atomic E-state index is 12.2. The molecule has 1 aliphatic rings. The van der Waals surface area contributed by atoms with Crippen molar-refractivity contribution < 1.29 is 14.7 Å². The van der Waals surface area contributed by atoms with Crippen molar-refractivity contribution in [1.29, 1.82) is 0 Å². The number of nitrogens with zero attached hydrogens (tertiary/aromatic N) is 1. The van der Waals surface area contributed by atoms with E-state index in [4.69, 9.17) is 10.8 Å². The van der Waals surface area contributed by atoms with Crippen molar-refractivity contribution in [3.8, 4) is 0 Å². The van der Waals surface area contributed by atoms with Crippen molar-refractivity contribution in [1.82, 2.24) is 4.90 Å². The van der Waals surface area contributed by atoms with Gasteiger partial charge in [0.2, 0.25) is 5.91 Å². The Morgan fingerprint density at radius 2 is 2.05 bits per heavy atom. The molecule has 0 saturated carbocycles. The van der Waals surface area contributed by atoms with Gasteiger partial charge in [-0.25, -0.2) is 0 Å².